The van der Waals surface area contributed by atoms with E-state index in [1.165, 1.54) is 28.0 Å². The van der Waals surface area contributed by atoms with Crippen LogP contribution in [0.5, 0.6) is 11.5 Å². The number of para-hydroxylation sites is 3. The molecule has 11 nitrogen and oxygen atoms in total. The molecule has 0 fully saturated rings. The third-order valence-electron chi connectivity index (χ3n) is 6.38. The quantitative estimate of drug-likeness (QED) is 0.233. The Balaban J connectivity index is 1.30. The molecule has 196 valence electrons. The molecule has 1 aliphatic heterocycles. The molecule has 0 spiro atoms. The van der Waals surface area contributed by atoms with Gasteiger partial charge in [0.25, 0.3) is 11.2 Å². The summed E-state index contributed by atoms with van der Waals surface area (Å²) in [6.45, 7) is 0.229. The van der Waals surface area contributed by atoms with Crippen molar-refractivity contribution in [1.29, 1.82) is 0 Å². The minimum Gasteiger partial charge on any atom is -0.485 e. The molecule has 4 heterocycles. The monoisotopic (exact) mass is 550 g/mol. The fourth-order valence-electron chi connectivity index (χ4n) is 4.47. The van der Waals surface area contributed by atoms with Crippen LogP contribution in [0.25, 0.3) is 28.0 Å². The molecule has 0 bridgehead atoms. The van der Waals surface area contributed by atoms with Crippen LogP contribution in [0.4, 0.5) is 5.69 Å². The van der Waals surface area contributed by atoms with E-state index in [2.05, 4.69) is 10.1 Å². The second kappa shape index (κ2) is 9.43. The van der Waals surface area contributed by atoms with Gasteiger partial charge in [-0.15, -0.1) is 5.10 Å². The lowest BCUT2D eigenvalue weighted by Gasteiger charge is -2.24. The molecule has 0 saturated carbocycles. The lowest BCUT2D eigenvalue weighted by molar-refractivity contribution is -0.384. The largest absolute Gasteiger partial charge is 0.485 e. The number of non-ortho nitro benzene ring substituents is 1. The van der Waals surface area contributed by atoms with Gasteiger partial charge in [-0.05, 0) is 30.3 Å². The molecule has 0 amide bonds. The van der Waals surface area contributed by atoms with Gasteiger partial charge in [0, 0.05) is 29.5 Å². The molecule has 0 N–H and O–H groups in total. The van der Waals surface area contributed by atoms with Gasteiger partial charge in [0.15, 0.2) is 23.4 Å². The zero-order valence-electron chi connectivity index (χ0n) is 20.6. The maximum Gasteiger partial charge on any atom is 0.291 e. The van der Waals surface area contributed by atoms with Gasteiger partial charge in [-0.3, -0.25) is 14.9 Å². The van der Waals surface area contributed by atoms with Crippen LogP contribution in [-0.2, 0) is 0 Å². The molecule has 0 saturated heterocycles. The molecule has 0 radical (unpaired) electrons. The second-order valence-electron chi connectivity index (χ2n) is 8.97. The van der Waals surface area contributed by atoms with E-state index in [1.807, 2.05) is 48.5 Å². The number of hydrogen-bond acceptors (Lipinski definition) is 9. The standard InChI is InChI=1S/C28H18N6O5S/c35-27-24(40-28-29-26(31-33(27)28)23-16-38-21-11-4-5-12-22(21)39-23)14-18-15-32(19-8-2-1-3-9-19)30-25(18)17-7-6-10-20(13-17)34(36)37/h1-15,23H,16H2. The van der Waals surface area contributed by atoms with Crippen molar-refractivity contribution in [2.75, 3.05) is 6.61 Å². The first kappa shape index (κ1) is 23.7. The normalized spacial score (nSPS) is 15.0. The highest BCUT2D eigenvalue weighted by Gasteiger charge is 2.27. The number of benzene rings is 3. The van der Waals surface area contributed by atoms with Gasteiger partial charge in [0.2, 0.25) is 4.96 Å². The van der Waals surface area contributed by atoms with Gasteiger partial charge in [0.05, 0.1) is 15.1 Å². The van der Waals surface area contributed by atoms with Crippen molar-refractivity contribution < 1.29 is 14.4 Å². The lowest BCUT2D eigenvalue weighted by atomic mass is 10.1. The first-order valence-electron chi connectivity index (χ1n) is 12.2. The molecular formula is C28H18N6O5S. The van der Waals surface area contributed by atoms with E-state index in [4.69, 9.17) is 14.6 Å². The maximum atomic E-state index is 13.3. The summed E-state index contributed by atoms with van der Waals surface area (Å²) >= 11 is 1.19. The van der Waals surface area contributed by atoms with Gasteiger partial charge < -0.3 is 9.47 Å². The number of ether oxygens (including phenoxy) is 2. The number of thiazole rings is 1. The summed E-state index contributed by atoms with van der Waals surface area (Å²) in [5.74, 6) is 1.60. The van der Waals surface area contributed by atoms with Crippen LogP contribution in [-0.4, -0.2) is 35.9 Å². The summed E-state index contributed by atoms with van der Waals surface area (Å²) in [7, 11) is 0. The van der Waals surface area contributed by atoms with Crippen LogP contribution < -0.4 is 19.6 Å². The Morgan fingerprint density at radius 2 is 1.80 bits per heavy atom. The summed E-state index contributed by atoms with van der Waals surface area (Å²) in [6.07, 6.45) is 2.95. The number of fused-ring (bicyclic) bond motifs is 2. The van der Waals surface area contributed by atoms with Gasteiger partial charge >= 0.3 is 0 Å². The molecular weight excluding hydrogens is 532 g/mol. The number of hydrogen-bond donors (Lipinski definition) is 0. The van der Waals surface area contributed by atoms with Gasteiger partial charge in [-0.2, -0.15) is 14.6 Å². The fourth-order valence-corrected chi connectivity index (χ4v) is 5.38. The smallest absolute Gasteiger partial charge is 0.291 e. The Labute approximate surface area is 229 Å². The molecule has 7 rings (SSSR count). The first-order valence-corrected chi connectivity index (χ1v) is 13.0. The highest BCUT2D eigenvalue weighted by Crippen LogP contribution is 2.35. The van der Waals surface area contributed by atoms with Crippen LogP contribution in [0.1, 0.15) is 17.5 Å². The fraction of sp³-hybridized carbons (Fsp3) is 0.0714. The number of aromatic nitrogens is 5. The predicted molar refractivity (Wildman–Crippen MR) is 147 cm³/mol. The van der Waals surface area contributed by atoms with E-state index in [0.29, 0.717) is 43.6 Å². The highest BCUT2D eigenvalue weighted by atomic mass is 32.1. The minimum atomic E-state index is -0.543. The second-order valence-corrected chi connectivity index (χ2v) is 9.97. The molecule has 3 aromatic heterocycles. The van der Waals surface area contributed by atoms with Crippen LogP contribution in [0.2, 0.25) is 0 Å². The third-order valence-corrected chi connectivity index (χ3v) is 7.33. The topological polar surface area (TPSA) is 127 Å². The van der Waals surface area contributed by atoms with E-state index in [-0.39, 0.29) is 17.9 Å². The predicted octanol–water partition coefficient (Wildman–Crippen LogP) is 3.97. The highest BCUT2D eigenvalue weighted by molar-refractivity contribution is 7.15. The van der Waals surface area contributed by atoms with Crippen LogP contribution in [0, 0.1) is 10.1 Å². The van der Waals surface area contributed by atoms with Crippen molar-refractivity contribution in [1.82, 2.24) is 24.4 Å². The van der Waals surface area contributed by atoms with E-state index < -0.39 is 11.0 Å². The molecule has 1 unspecified atom stereocenters. The van der Waals surface area contributed by atoms with Crippen molar-refractivity contribution >= 4 is 28.1 Å². The van der Waals surface area contributed by atoms with Crippen molar-refractivity contribution in [2.24, 2.45) is 0 Å². The molecule has 1 atom stereocenters. The SMILES string of the molecule is O=c1c(=Cc2cn(-c3ccccc3)nc2-c2cccc([N+](=O)[O-])c2)sc2nc(C3COc4ccccc4O3)nn12. The Morgan fingerprint density at radius 3 is 2.60 bits per heavy atom. The van der Waals surface area contributed by atoms with Gasteiger partial charge in [-0.1, -0.05) is 53.8 Å². The average molecular weight is 551 g/mol. The molecule has 0 aliphatic carbocycles. The Hall–Kier alpha value is -5.36. The van der Waals surface area contributed by atoms with Gasteiger partial charge in [-0.25, -0.2) is 4.68 Å². The molecule has 40 heavy (non-hydrogen) atoms. The molecule has 1 aliphatic rings. The summed E-state index contributed by atoms with van der Waals surface area (Å²) in [5, 5.41) is 20.5. The molecule has 6 aromatic rings. The lowest BCUT2D eigenvalue weighted by Crippen LogP contribution is -2.26. The summed E-state index contributed by atoms with van der Waals surface area (Å²) < 4.78 is 15.1. The van der Waals surface area contributed by atoms with E-state index in [1.54, 1.807) is 35.2 Å². The molecule has 3 aromatic carbocycles. The number of nitro benzene ring substituents is 1. The van der Waals surface area contributed by atoms with Gasteiger partial charge in [0.1, 0.15) is 12.3 Å². The third kappa shape index (κ3) is 4.16. The zero-order valence-corrected chi connectivity index (χ0v) is 21.4. The number of nitro groups is 1. The number of rotatable bonds is 5. The zero-order chi connectivity index (χ0) is 27.2. The van der Waals surface area contributed by atoms with E-state index >= 15 is 0 Å². The van der Waals surface area contributed by atoms with Crippen LogP contribution in [0.3, 0.4) is 0 Å². The molecule has 12 heteroatoms. The Morgan fingerprint density at radius 1 is 1.00 bits per heavy atom. The van der Waals surface area contributed by atoms with Crippen molar-refractivity contribution in [3.8, 4) is 28.4 Å². The average Bonchev–Trinajstić information content (AvgIpc) is 3.68. The maximum absolute atomic E-state index is 13.3. The van der Waals surface area contributed by atoms with Crippen molar-refractivity contribution in [2.45, 2.75) is 6.10 Å². The van der Waals surface area contributed by atoms with Crippen molar-refractivity contribution in [3.05, 3.63) is 121 Å². The van der Waals surface area contributed by atoms with Crippen molar-refractivity contribution in [3.63, 3.8) is 0 Å². The van der Waals surface area contributed by atoms with Crippen LogP contribution in [0.15, 0.2) is 89.9 Å². The van der Waals surface area contributed by atoms with Crippen LogP contribution >= 0.6 is 11.3 Å². The Bertz CT molecular complexity index is 2020. The first-order chi connectivity index (χ1) is 19.5. The van der Waals surface area contributed by atoms with E-state index in [0.717, 1.165) is 5.69 Å². The number of nitrogens with zero attached hydrogens (tertiary/aromatic N) is 6. The summed E-state index contributed by atoms with van der Waals surface area (Å²) in [4.78, 5) is 29.3. The minimum absolute atomic E-state index is 0.0509. The Kier molecular flexibility index (Phi) is 5.60. The van der Waals surface area contributed by atoms with E-state index in [9.17, 15) is 14.9 Å². The summed E-state index contributed by atoms with van der Waals surface area (Å²) in [5.41, 5.74) is 2.09. The summed E-state index contributed by atoms with van der Waals surface area (Å²) in [6, 6.07) is 23.1.